The van der Waals surface area contributed by atoms with E-state index in [0.717, 1.165) is 42.3 Å². The van der Waals surface area contributed by atoms with Crippen LogP contribution >= 0.6 is 0 Å². The number of benzene rings is 2. The first-order valence-electron chi connectivity index (χ1n) is 15.0. The molecule has 11 heteroatoms. The average Bonchev–Trinajstić information content (AvgIpc) is 3.68. The number of ether oxygens (including phenoxy) is 1. The third-order valence-corrected chi connectivity index (χ3v) is 12.6. The minimum atomic E-state index is -4.77. The number of rotatable bonds is 8. The van der Waals surface area contributed by atoms with Crippen molar-refractivity contribution in [1.82, 2.24) is 14.5 Å². The molecule has 4 aliphatic rings. The summed E-state index contributed by atoms with van der Waals surface area (Å²) < 4.78 is 72.7. The van der Waals surface area contributed by atoms with Crippen LogP contribution in [-0.4, -0.2) is 61.4 Å². The van der Waals surface area contributed by atoms with E-state index in [4.69, 9.17) is 4.74 Å². The number of nitrogens with one attached hydrogen (secondary N) is 1. The Morgan fingerprint density at radius 1 is 1.07 bits per heavy atom. The van der Waals surface area contributed by atoms with Gasteiger partial charge in [0.2, 0.25) is 5.91 Å². The van der Waals surface area contributed by atoms with Crippen LogP contribution in [0.2, 0.25) is 0 Å². The highest BCUT2D eigenvalue weighted by atomic mass is 32.3. The van der Waals surface area contributed by atoms with Crippen molar-refractivity contribution >= 4 is 15.4 Å². The standard InChI is InChI=1S/C31H40F3N3O4S/c1-42(39,40,26-6-2-4-22(19-26)31(32,33)34)37-16-3-5-25(37)12-14-30(38)35-28-15-17-41-29-18-21(7-13-27(28)29)20-36-23-8-9-24(36)11-10-23/h2,4,6-7,13,18-19,23-25,28H,3,5,8-12,14-17,20H2,1H3,(H,35,38)(H,39,40). The Kier molecular flexibility index (Phi) is 7.69. The van der Waals surface area contributed by atoms with E-state index < -0.39 is 27.3 Å². The van der Waals surface area contributed by atoms with Gasteiger partial charge in [0.1, 0.15) is 5.75 Å². The largest absolute Gasteiger partial charge is 0.493 e. The van der Waals surface area contributed by atoms with E-state index in [2.05, 4.69) is 28.4 Å². The van der Waals surface area contributed by atoms with Gasteiger partial charge in [-0.15, -0.1) is 9.53 Å². The number of amides is 1. The molecule has 230 valence electrons. The summed E-state index contributed by atoms with van der Waals surface area (Å²) in [5.41, 5.74) is 1.22. The van der Waals surface area contributed by atoms with E-state index in [1.165, 1.54) is 41.6 Å². The molecule has 3 fully saturated rings. The molecular formula is C31H40F3N3O4S. The zero-order valence-electron chi connectivity index (χ0n) is 23.9. The van der Waals surface area contributed by atoms with Crippen molar-refractivity contribution in [3.63, 3.8) is 0 Å². The van der Waals surface area contributed by atoms with Gasteiger partial charge in [-0.2, -0.15) is 17.4 Å². The Hall–Kier alpha value is -2.47. The maximum atomic E-state index is 14.0. The number of carbonyl (C=O) groups is 1. The summed E-state index contributed by atoms with van der Waals surface area (Å²) in [5, 5.41) is 3.13. The van der Waals surface area contributed by atoms with Crippen LogP contribution in [0.15, 0.2) is 47.4 Å². The van der Waals surface area contributed by atoms with Crippen LogP contribution in [0.3, 0.4) is 0 Å². The highest BCUT2D eigenvalue weighted by Gasteiger charge is 2.42. The predicted octanol–water partition coefficient (Wildman–Crippen LogP) is 5.91. The summed E-state index contributed by atoms with van der Waals surface area (Å²) in [7, 11) is -4.77. The van der Waals surface area contributed by atoms with Gasteiger partial charge in [-0.3, -0.25) is 14.2 Å². The first kappa shape index (κ1) is 29.6. The number of alkyl halides is 3. The molecule has 0 aromatic heterocycles. The van der Waals surface area contributed by atoms with Gasteiger partial charge >= 0.3 is 6.18 Å². The Balaban J connectivity index is 1.08. The number of nitrogens with zero attached hydrogens (tertiary/aromatic N) is 2. The average molecular weight is 608 g/mol. The summed E-state index contributed by atoms with van der Waals surface area (Å²) in [5.74, 6) is 0.654. The highest BCUT2D eigenvalue weighted by molar-refractivity contribution is 8.12. The number of hydrogen-bond acceptors (Lipinski definition) is 4. The minimum absolute atomic E-state index is 0.148. The number of fused-ring (bicyclic) bond motifs is 3. The highest BCUT2D eigenvalue weighted by Crippen LogP contribution is 2.43. The van der Waals surface area contributed by atoms with Crippen LogP contribution in [0.5, 0.6) is 5.75 Å². The third-order valence-electron chi connectivity index (χ3n) is 9.71. The Morgan fingerprint density at radius 2 is 1.81 bits per heavy atom. The van der Waals surface area contributed by atoms with Gasteiger partial charge in [0.05, 0.1) is 23.1 Å². The second-order valence-corrected chi connectivity index (χ2v) is 15.9. The van der Waals surface area contributed by atoms with Crippen molar-refractivity contribution in [2.24, 2.45) is 0 Å². The lowest BCUT2D eigenvalue weighted by molar-refractivity contribution is -0.137. The summed E-state index contributed by atoms with van der Waals surface area (Å²) >= 11 is 0. The van der Waals surface area contributed by atoms with Crippen molar-refractivity contribution < 1.29 is 31.5 Å². The van der Waals surface area contributed by atoms with Crippen LogP contribution in [0.25, 0.3) is 0 Å². The Labute approximate surface area is 245 Å². The lowest BCUT2D eigenvalue weighted by atomic mass is 9.98. The first-order valence-corrected chi connectivity index (χ1v) is 17.3. The van der Waals surface area contributed by atoms with E-state index in [-0.39, 0.29) is 29.8 Å². The van der Waals surface area contributed by atoms with Gasteiger partial charge in [-0.05, 0) is 74.8 Å². The lowest BCUT2D eigenvalue weighted by Gasteiger charge is -2.49. The summed E-state index contributed by atoms with van der Waals surface area (Å²) in [6.45, 7) is 1.71. The second kappa shape index (κ2) is 10.9. The summed E-state index contributed by atoms with van der Waals surface area (Å²) in [6, 6.07) is 11.2. The fourth-order valence-electron chi connectivity index (χ4n) is 7.50. The zero-order chi connectivity index (χ0) is 29.7. The molecule has 0 radical (unpaired) electrons. The molecule has 2 unspecified atom stereocenters. The molecule has 2 aromatic carbocycles. The van der Waals surface area contributed by atoms with Crippen molar-refractivity contribution in [3.05, 3.63) is 59.2 Å². The zero-order valence-corrected chi connectivity index (χ0v) is 24.8. The Bertz CT molecular complexity index is 1390. The molecule has 4 heterocycles. The van der Waals surface area contributed by atoms with Gasteiger partial charge in [-0.25, -0.2) is 4.31 Å². The van der Waals surface area contributed by atoms with Crippen molar-refractivity contribution in [1.29, 1.82) is 0 Å². The van der Waals surface area contributed by atoms with Crippen LogP contribution in [0, 0.1) is 0 Å². The predicted molar refractivity (Wildman–Crippen MR) is 154 cm³/mol. The maximum Gasteiger partial charge on any atom is 0.416 e. The molecule has 7 nitrogen and oxygen atoms in total. The van der Waals surface area contributed by atoms with Gasteiger partial charge in [0.25, 0.3) is 0 Å². The molecule has 6 rings (SSSR count). The van der Waals surface area contributed by atoms with Gasteiger partial charge in [-0.1, -0.05) is 18.2 Å². The quantitative estimate of drug-likeness (QED) is 0.390. The fourth-order valence-corrected chi connectivity index (χ4v) is 10.0. The summed E-state index contributed by atoms with van der Waals surface area (Å²) in [6.07, 6.45) is 4.02. The van der Waals surface area contributed by atoms with Gasteiger partial charge in [0, 0.05) is 55.9 Å². The SMILES string of the molecule is CS(=O)(O)(c1cccc(C(F)(F)F)c1)N1CCCC1CCC(=O)NC1CCOc2cc(CN3C4CCC3CC4)ccc21. The summed E-state index contributed by atoms with van der Waals surface area (Å²) in [4.78, 5) is 15.4. The molecule has 2 N–H and O–H groups in total. The molecule has 0 spiro atoms. The van der Waals surface area contributed by atoms with Gasteiger partial charge < -0.3 is 10.1 Å². The topological polar surface area (TPSA) is 82.1 Å². The third kappa shape index (κ3) is 5.73. The van der Waals surface area contributed by atoms with E-state index in [1.807, 2.05) is 0 Å². The number of halogens is 3. The van der Waals surface area contributed by atoms with E-state index >= 15 is 0 Å². The lowest BCUT2D eigenvalue weighted by Crippen LogP contribution is -2.52. The first-order chi connectivity index (χ1) is 19.9. The van der Waals surface area contributed by atoms with E-state index in [9.17, 15) is 26.7 Å². The fraction of sp³-hybridized carbons (Fsp3) is 0.581. The number of hydrogen-bond donors (Lipinski definition) is 2. The van der Waals surface area contributed by atoms with Crippen molar-refractivity contribution in [3.8, 4) is 5.75 Å². The monoisotopic (exact) mass is 607 g/mol. The molecule has 0 aliphatic carbocycles. The molecule has 4 aliphatic heterocycles. The van der Waals surface area contributed by atoms with E-state index in [1.54, 1.807) is 0 Å². The second-order valence-electron chi connectivity index (χ2n) is 12.5. The molecule has 3 saturated heterocycles. The Morgan fingerprint density at radius 3 is 2.52 bits per heavy atom. The minimum Gasteiger partial charge on any atom is -0.493 e. The van der Waals surface area contributed by atoms with Crippen LogP contribution in [0.1, 0.15) is 80.5 Å². The van der Waals surface area contributed by atoms with Gasteiger partial charge in [0.15, 0.2) is 0 Å². The molecule has 2 aromatic rings. The smallest absolute Gasteiger partial charge is 0.416 e. The van der Waals surface area contributed by atoms with Crippen molar-refractivity contribution in [2.75, 3.05) is 19.4 Å². The molecular weight excluding hydrogens is 567 g/mol. The van der Waals surface area contributed by atoms with Crippen LogP contribution < -0.4 is 10.1 Å². The molecule has 1 amide bonds. The normalized spacial score (nSPS) is 27.3. The number of carbonyl (C=O) groups excluding carboxylic acids is 1. The maximum absolute atomic E-state index is 14.0. The molecule has 2 bridgehead atoms. The molecule has 42 heavy (non-hydrogen) atoms. The van der Waals surface area contributed by atoms with Crippen LogP contribution in [-0.2, 0) is 27.0 Å². The van der Waals surface area contributed by atoms with E-state index in [0.29, 0.717) is 44.4 Å². The van der Waals surface area contributed by atoms with Crippen molar-refractivity contribution in [2.45, 2.75) is 99.6 Å². The molecule has 2 atom stereocenters. The van der Waals surface area contributed by atoms with Crippen LogP contribution in [0.4, 0.5) is 13.2 Å². The molecule has 0 saturated carbocycles.